The van der Waals surface area contributed by atoms with Crippen molar-refractivity contribution in [3.05, 3.63) is 0 Å². The second kappa shape index (κ2) is 8.73. The Labute approximate surface area is 85.8 Å². The van der Waals surface area contributed by atoms with E-state index in [0.29, 0.717) is 25.2 Å². The average Bonchev–Trinajstić information content (AvgIpc) is 2.11. The minimum atomic E-state index is -0.230. The van der Waals surface area contributed by atoms with Gasteiger partial charge in [-0.25, -0.2) is 0 Å². The standard InChI is InChI=1S/C11H20O3/c1-3-7-11(13)8-5-4-6-9-14-10(2)12/h3-9H2,1-2H3. The van der Waals surface area contributed by atoms with Gasteiger partial charge in [0.15, 0.2) is 0 Å². The number of esters is 1. The molecule has 0 aromatic heterocycles. The van der Waals surface area contributed by atoms with Crippen molar-refractivity contribution >= 4 is 11.8 Å². The van der Waals surface area contributed by atoms with Gasteiger partial charge in [-0.3, -0.25) is 9.59 Å². The van der Waals surface area contributed by atoms with Gasteiger partial charge in [-0.05, 0) is 25.7 Å². The number of unbranched alkanes of at least 4 members (excludes halogenated alkanes) is 2. The largest absolute Gasteiger partial charge is 0.466 e. The highest BCUT2D eigenvalue weighted by atomic mass is 16.5. The summed E-state index contributed by atoms with van der Waals surface area (Å²) in [6.07, 6.45) is 5.05. The Morgan fingerprint density at radius 1 is 1.07 bits per heavy atom. The van der Waals surface area contributed by atoms with E-state index < -0.39 is 0 Å². The minimum Gasteiger partial charge on any atom is -0.466 e. The zero-order chi connectivity index (χ0) is 10.8. The van der Waals surface area contributed by atoms with Gasteiger partial charge < -0.3 is 4.74 Å². The quantitative estimate of drug-likeness (QED) is 0.446. The van der Waals surface area contributed by atoms with Crippen LogP contribution in [0, 0.1) is 0 Å². The van der Waals surface area contributed by atoms with Crippen LogP contribution in [0.25, 0.3) is 0 Å². The van der Waals surface area contributed by atoms with Crippen molar-refractivity contribution in [1.82, 2.24) is 0 Å². The van der Waals surface area contributed by atoms with Crippen molar-refractivity contribution in [2.24, 2.45) is 0 Å². The zero-order valence-electron chi connectivity index (χ0n) is 9.17. The van der Waals surface area contributed by atoms with Gasteiger partial charge in [-0.2, -0.15) is 0 Å². The molecule has 82 valence electrons. The van der Waals surface area contributed by atoms with Crippen LogP contribution in [0.15, 0.2) is 0 Å². The van der Waals surface area contributed by atoms with Crippen LogP contribution in [0.5, 0.6) is 0 Å². The highest BCUT2D eigenvalue weighted by molar-refractivity contribution is 5.78. The molecule has 0 N–H and O–H groups in total. The summed E-state index contributed by atoms with van der Waals surface area (Å²) in [4.78, 5) is 21.5. The maximum atomic E-state index is 11.1. The lowest BCUT2D eigenvalue weighted by molar-refractivity contribution is -0.141. The summed E-state index contributed by atoms with van der Waals surface area (Å²) < 4.78 is 4.77. The molecule has 3 nitrogen and oxygen atoms in total. The van der Waals surface area contributed by atoms with Crippen LogP contribution in [-0.2, 0) is 14.3 Å². The Bertz CT molecular complexity index is 175. The fourth-order valence-electron chi connectivity index (χ4n) is 1.22. The number of hydrogen-bond donors (Lipinski definition) is 0. The van der Waals surface area contributed by atoms with Crippen LogP contribution in [0.3, 0.4) is 0 Å². The fraction of sp³-hybridized carbons (Fsp3) is 0.818. The van der Waals surface area contributed by atoms with Crippen molar-refractivity contribution in [3.8, 4) is 0 Å². The molecule has 0 saturated heterocycles. The van der Waals surface area contributed by atoms with Crippen LogP contribution in [0.2, 0.25) is 0 Å². The number of hydrogen-bond acceptors (Lipinski definition) is 3. The Morgan fingerprint density at radius 2 is 1.79 bits per heavy atom. The smallest absolute Gasteiger partial charge is 0.302 e. The third kappa shape index (κ3) is 9.23. The Balaban J connectivity index is 3.13. The van der Waals surface area contributed by atoms with Gasteiger partial charge in [0.25, 0.3) is 0 Å². The normalized spacial score (nSPS) is 9.86. The third-order valence-corrected chi connectivity index (χ3v) is 1.93. The monoisotopic (exact) mass is 200 g/mol. The molecule has 0 aliphatic rings. The van der Waals surface area contributed by atoms with Gasteiger partial charge in [0.1, 0.15) is 5.78 Å². The Kier molecular flexibility index (Phi) is 8.19. The minimum absolute atomic E-state index is 0.230. The van der Waals surface area contributed by atoms with Gasteiger partial charge in [0.2, 0.25) is 0 Å². The highest BCUT2D eigenvalue weighted by Crippen LogP contribution is 2.03. The van der Waals surface area contributed by atoms with Gasteiger partial charge >= 0.3 is 5.97 Å². The molecule has 0 radical (unpaired) electrons. The molecule has 14 heavy (non-hydrogen) atoms. The van der Waals surface area contributed by atoms with Gasteiger partial charge in [0, 0.05) is 19.8 Å². The van der Waals surface area contributed by atoms with E-state index in [1.54, 1.807) is 0 Å². The van der Waals surface area contributed by atoms with Crippen LogP contribution in [0.1, 0.15) is 52.4 Å². The number of ketones is 1. The molecule has 0 fully saturated rings. The molecular weight excluding hydrogens is 180 g/mol. The molecule has 0 aliphatic heterocycles. The van der Waals surface area contributed by atoms with Gasteiger partial charge in [-0.1, -0.05) is 6.92 Å². The second-order valence-electron chi connectivity index (χ2n) is 3.44. The summed E-state index contributed by atoms with van der Waals surface area (Å²) in [6.45, 7) is 3.90. The molecular formula is C11H20O3. The molecule has 0 heterocycles. The molecule has 0 aromatic rings. The van der Waals surface area contributed by atoms with Crippen LogP contribution >= 0.6 is 0 Å². The summed E-state index contributed by atoms with van der Waals surface area (Å²) in [5.41, 5.74) is 0. The van der Waals surface area contributed by atoms with E-state index in [4.69, 9.17) is 4.74 Å². The number of carbonyl (C=O) groups excluding carboxylic acids is 2. The summed E-state index contributed by atoms with van der Waals surface area (Å²) in [5, 5.41) is 0. The van der Waals surface area contributed by atoms with E-state index in [1.165, 1.54) is 6.92 Å². The Hall–Kier alpha value is -0.860. The first kappa shape index (κ1) is 13.1. The summed E-state index contributed by atoms with van der Waals surface area (Å²) >= 11 is 0. The first-order valence-corrected chi connectivity index (χ1v) is 5.32. The Morgan fingerprint density at radius 3 is 2.36 bits per heavy atom. The molecule has 0 spiro atoms. The molecule has 0 atom stereocenters. The molecule has 0 aromatic carbocycles. The first-order valence-electron chi connectivity index (χ1n) is 5.32. The topological polar surface area (TPSA) is 43.4 Å². The number of ether oxygens (including phenoxy) is 1. The van der Waals surface area contributed by atoms with E-state index in [9.17, 15) is 9.59 Å². The van der Waals surface area contributed by atoms with Crippen LogP contribution < -0.4 is 0 Å². The average molecular weight is 200 g/mol. The van der Waals surface area contributed by atoms with E-state index in [-0.39, 0.29) is 5.97 Å². The van der Waals surface area contributed by atoms with E-state index in [1.807, 2.05) is 6.92 Å². The van der Waals surface area contributed by atoms with Crippen molar-refractivity contribution < 1.29 is 14.3 Å². The fourth-order valence-corrected chi connectivity index (χ4v) is 1.22. The molecule has 0 amide bonds. The lowest BCUT2D eigenvalue weighted by Crippen LogP contribution is -2.01. The van der Waals surface area contributed by atoms with E-state index >= 15 is 0 Å². The summed E-state index contributed by atoms with van der Waals surface area (Å²) in [5.74, 6) is 0.118. The lowest BCUT2D eigenvalue weighted by Gasteiger charge is -2.01. The predicted molar refractivity (Wildman–Crippen MR) is 55.0 cm³/mol. The van der Waals surface area contributed by atoms with Crippen LogP contribution in [0.4, 0.5) is 0 Å². The zero-order valence-corrected chi connectivity index (χ0v) is 9.17. The maximum Gasteiger partial charge on any atom is 0.302 e. The maximum absolute atomic E-state index is 11.1. The number of rotatable bonds is 8. The molecule has 3 heteroatoms. The van der Waals surface area contributed by atoms with Crippen LogP contribution in [-0.4, -0.2) is 18.4 Å². The highest BCUT2D eigenvalue weighted by Gasteiger charge is 1.99. The third-order valence-electron chi connectivity index (χ3n) is 1.93. The first-order chi connectivity index (χ1) is 6.66. The lowest BCUT2D eigenvalue weighted by atomic mass is 10.1. The second-order valence-corrected chi connectivity index (χ2v) is 3.44. The van der Waals surface area contributed by atoms with Crippen molar-refractivity contribution in [1.29, 1.82) is 0 Å². The SMILES string of the molecule is CCCC(=O)CCCCCOC(C)=O. The molecule has 0 unspecified atom stereocenters. The molecule has 0 bridgehead atoms. The predicted octanol–water partition coefficient (Wildman–Crippen LogP) is 2.48. The summed E-state index contributed by atoms with van der Waals surface area (Å²) in [6, 6.07) is 0. The van der Waals surface area contributed by atoms with Gasteiger partial charge in [-0.15, -0.1) is 0 Å². The number of carbonyl (C=O) groups is 2. The molecule has 0 saturated carbocycles. The molecule has 0 aliphatic carbocycles. The van der Waals surface area contributed by atoms with E-state index in [0.717, 1.165) is 25.7 Å². The number of Topliss-reactive ketones (excluding diaryl/α,β-unsaturated/α-hetero) is 1. The summed E-state index contributed by atoms with van der Waals surface area (Å²) in [7, 11) is 0. The van der Waals surface area contributed by atoms with Crippen molar-refractivity contribution in [3.63, 3.8) is 0 Å². The van der Waals surface area contributed by atoms with Crippen molar-refractivity contribution in [2.45, 2.75) is 52.4 Å². The van der Waals surface area contributed by atoms with E-state index in [2.05, 4.69) is 0 Å². The van der Waals surface area contributed by atoms with Crippen molar-refractivity contribution in [2.75, 3.05) is 6.61 Å². The van der Waals surface area contributed by atoms with Gasteiger partial charge in [0.05, 0.1) is 6.61 Å². The molecule has 0 rings (SSSR count).